The Hall–Kier alpha value is -2.20. The number of hydrogen-bond donors (Lipinski definition) is 0. The zero-order valence-electron chi connectivity index (χ0n) is 14.7. The van der Waals surface area contributed by atoms with Gasteiger partial charge in [-0.1, -0.05) is 32.0 Å². The van der Waals surface area contributed by atoms with Crippen LogP contribution < -0.4 is 0 Å². The number of benzene rings is 1. The van der Waals surface area contributed by atoms with E-state index in [1.165, 1.54) is 27.7 Å². The third kappa shape index (κ3) is 2.71. The Balaban J connectivity index is 1.56. The van der Waals surface area contributed by atoms with Gasteiger partial charge in [0.15, 0.2) is 0 Å². The molecule has 0 fully saturated rings. The molecule has 124 valence electrons. The summed E-state index contributed by atoms with van der Waals surface area (Å²) in [6, 6.07) is 8.64. The maximum Gasteiger partial charge on any atom is 0.131 e. The average Bonchev–Trinajstić information content (AvgIpc) is 2.90. The fourth-order valence-electron chi connectivity index (χ4n) is 3.60. The van der Waals surface area contributed by atoms with Crippen molar-refractivity contribution < 1.29 is 0 Å². The Kier molecular flexibility index (Phi) is 3.85. The van der Waals surface area contributed by atoms with Gasteiger partial charge in [0.05, 0.1) is 0 Å². The molecule has 0 bridgehead atoms. The van der Waals surface area contributed by atoms with Crippen molar-refractivity contribution in [3.63, 3.8) is 0 Å². The summed E-state index contributed by atoms with van der Waals surface area (Å²) < 4.78 is 2.22. The van der Waals surface area contributed by atoms with Crippen LogP contribution >= 0.6 is 0 Å². The second kappa shape index (κ2) is 6.02. The normalized spacial score (nSPS) is 15.2. The van der Waals surface area contributed by atoms with Crippen molar-refractivity contribution in [1.29, 1.82) is 0 Å². The van der Waals surface area contributed by atoms with Gasteiger partial charge in [-0.3, -0.25) is 4.90 Å². The topological polar surface area (TPSA) is 34.0 Å². The SMILES string of the molecule is CC(C)c1ncc2c(n1)CCN(Cc1cn(C)c3ccccc13)C2. The lowest BCUT2D eigenvalue weighted by molar-refractivity contribution is 0.243. The molecule has 24 heavy (non-hydrogen) atoms. The second-order valence-electron chi connectivity index (χ2n) is 7.10. The van der Waals surface area contributed by atoms with Crippen LogP contribution in [0.15, 0.2) is 36.7 Å². The van der Waals surface area contributed by atoms with Crippen molar-refractivity contribution in [3.8, 4) is 0 Å². The minimum Gasteiger partial charge on any atom is -0.350 e. The Labute approximate surface area is 143 Å². The van der Waals surface area contributed by atoms with Crippen LogP contribution in [0.1, 0.15) is 42.4 Å². The first-order chi connectivity index (χ1) is 11.6. The number of aromatic nitrogens is 3. The Morgan fingerprint density at radius 1 is 1.21 bits per heavy atom. The molecule has 0 atom stereocenters. The molecule has 2 aromatic heterocycles. The summed E-state index contributed by atoms with van der Waals surface area (Å²) in [5.41, 5.74) is 5.22. The molecule has 1 aliphatic rings. The Morgan fingerprint density at radius 2 is 2.04 bits per heavy atom. The molecular weight excluding hydrogens is 296 g/mol. The first-order valence-corrected chi connectivity index (χ1v) is 8.72. The highest BCUT2D eigenvalue weighted by molar-refractivity contribution is 5.83. The maximum absolute atomic E-state index is 4.77. The molecule has 0 radical (unpaired) electrons. The zero-order chi connectivity index (χ0) is 16.7. The van der Waals surface area contributed by atoms with Crippen molar-refractivity contribution in [2.24, 2.45) is 7.05 Å². The molecule has 4 rings (SSSR count). The molecule has 3 aromatic rings. The predicted molar refractivity (Wildman–Crippen MR) is 96.9 cm³/mol. The van der Waals surface area contributed by atoms with Crippen LogP contribution in [0.5, 0.6) is 0 Å². The van der Waals surface area contributed by atoms with Crippen LogP contribution in [0.3, 0.4) is 0 Å². The standard InChI is InChI=1S/C20H24N4/c1-14(2)20-21-10-15-12-24(9-8-18(15)22-20)13-16-11-23(3)19-7-5-4-6-17(16)19/h4-7,10-11,14H,8-9,12-13H2,1-3H3. The highest BCUT2D eigenvalue weighted by Crippen LogP contribution is 2.25. The summed E-state index contributed by atoms with van der Waals surface area (Å²) in [6.07, 6.45) is 5.31. The molecule has 0 saturated carbocycles. The van der Waals surface area contributed by atoms with Crippen LogP contribution in [0, 0.1) is 0 Å². The van der Waals surface area contributed by atoms with E-state index in [0.29, 0.717) is 5.92 Å². The molecule has 3 heterocycles. The molecule has 1 aromatic carbocycles. The smallest absolute Gasteiger partial charge is 0.131 e. The summed E-state index contributed by atoms with van der Waals surface area (Å²) in [6.45, 7) is 7.28. The van der Waals surface area contributed by atoms with Gasteiger partial charge in [0.2, 0.25) is 0 Å². The van der Waals surface area contributed by atoms with Crippen molar-refractivity contribution >= 4 is 10.9 Å². The van der Waals surface area contributed by atoms with E-state index in [2.05, 4.69) is 65.8 Å². The van der Waals surface area contributed by atoms with Crippen LogP contribution in [0.2, 0.25) is 0 Å². The molecule has 1 aliphatic heterocycles. The molecule has 0 amide bonds. The molecular formula is C20H24N4. The average molecular weight is 320 g/mol. The first kappa shape index (κ1) is 15.3. The van der Waals surface area contributed by atoms with Gasteiger partial charge in [-0.2, -0.15) is 0 Å². The highest BCUT2D eigenvalue weighted by Gasteiger charge is 2.20. The van der Waals surface area contributed by atoms with Crippen molar-refractivity contribution in [1.82, 2.24) is 19.4 Å². The van der Waals surface area contributed by atoms with E-state index in [4.69, 9.17) is 4.98 Å². The fraction of sp³-hybridized carbons (Fsp3) is 0.400. The van der Waals surface area contributed by atoms with Gasteiger partial charge in [0, 0.05) is 73.6 Å². The van der Waals surface area contributed by atoms with Crippen molar-refractivity contribution in [2.75, 3.05) is 6.54 Å². The van der Waals surface area contributed by atoms with Gasteiger partial charge in [-0.05, 0) is 11.6 Å². The number of aryl methyl sites for hydroxylation is 1. The van der Waals surface area contributed by atoms with E-state index in [1.807, 2.05) is 6.20 Å². The van der Waals surface area contributed by atoms with Crippen LogP contribution in [0.25, 0.3) is 10.9 Å². The van der Waals surface area contributed by atoms with E-state index < -0.39 is 0 Å². The van der Waals surface area contributed by atoms with Crippen molar-refractivity contribution in [3.05, 3.63) is 59.3 Å². The lowest BCUT2D eigenvalue weighted by atomic mass is 10.1. The third-order valence-corrected chi connectivity index (χ3v) is 4.92. The first-order valence-electron chi connectivity index (χ1n) is 8.72. The summed E-state index contributed by atoms with van der Waals surface area (Å²) in [7, 11) is 2.12. The quantitative estimate of drug-likeness (QED) is 0.739. The molecule has 0 saturated heterocycles. The molecule has 0 N–H and O–H groups in total. The van der Waals surface area contributed by atoms with E-state index in [0.717, 1.165) is 31.9 Å². The van der Waals surface area contributed by atoms with Gasteiger partial charge in [0.25, 0.3) is 0 Å². The third-order valence-electron chi connectivity index (χ3n) is 4.92. The highest BCUT2D eigenvalue weighted by atomic mass is 15.1. The molecule has 4 nitrogen and oxygen atoms in total. The van der Waals surface area contributed by atoms with Crippen LogP contribution in [0.4, 0.5) is 0 Å². The van der Waals surface area contributed by atoms with E-state index in [9.17, 15) is 0 Å². The number of para-hydroxylation sites is 1. The Morgan fingerprint density at radius 3 is 2.88 bits per heavy atom. The summed E-state index contributed by atoms with van der Waals surface area (Å²) in [4.78, 5) is 11.8. The van der Waals surface area contributed by atoms with Gasteiger partial charge in [-0.25, -0.2) is 9.97 Å². The van der Waals surface area contributed by atoms with E-state index in [-0.39, 0.29) is 0 Å². The Bertz CT molecular complexity index is 878. The predicted octanol–water partition coefficient (Wildman–Crippen LogP) is 3.65. The molecule has 0 unspecified atom stereocenters. The fourth-order valence-corrected chi connectivity index (χ4v) is 3.60. The van der Waals surface area contributed by atoms with Gasteiger partial charge in [-0.15, -0.1) is 0 Å². The van der Waals surface area contributed by atoms with Gasteiger partial charge in [0.1, 0.15) is 5.82 Å². The summed E-state index contributed by atoms with van der Waals surface area (Å²) in [5, 5.41) is 1.36. The summed E-state index contributed by atoms with van der Waals surface area (Å²) >= 11 is 0. The van der Waals surface area contributed by atoms with Gasteiger partial charge >= 0.3 is 0 Å². The van der Waals surface area contributed by atoms with E-state index >= 15 is 0 Å². The van der Waals surface area contributed by atoms with Crippen LogP contribution in [-0.4, -0.2) is 26.0 Å². The molecule has 4 heteroatoms. The summed E-state index contributed by atoms with van der Waals surface area (Å²) in [5.74, 6) is 1.36. The minimum absolute atomic E-state index is 0.393. The van der Waals surface area contributed by atoms with Crippen molar-refractivity contribution in [2.45, 2.75) is 39.3 Å². The zero-order valence-corrected chi connectivity index (χ0v) is 14.7. The van der Waals surface area contributed by atoms with Crippen LogP contribution in [-0.2, 0) is 26.6 Å². The minimum atomic E-state index is 0.393. The second-order valence-corrected chi connectivity index (χ2v) is 7.10. The maximum atomic E-state index is 4.77. The lowest BCUT2D eigenvalue weighted by Crippen LogP contribution is -2.31. The van der Waals surface area contributed by atoms with E-state index in [1.54, 1.807) is 0 Å². The monoisotopic (exact) mass is 320 g/mol. The largest absolute Gasteiger partial charge is 0.350 e. The number of nitrogens with zero attached hydrogens (tertiary/aromatic N) is 4. The molecule has 0 aliphatic carbocycles. The molecule has 0 spiro atoms. The number of rotatable bonds is 3. The number of fused-ring (bicyclic) bond motifs is 2. The number of hydrogen-bond acceptors (Lipinski definition) is 3. The lowest BCUT2D eigenvalue weighted by Gasteiger charge is -2.28. The van der Waals surface area contributed by atoms with Gasteiger partial charge < -0.3 is 4.57 Å².